The highest BCUT2D eigenvalue weighted by atomic mass is 79.9. The van der Waals surface area contributed by atoms with Crippen LogP contribution in [0.3, 0.4) is 0 Å². The van der Waals surface area contributed by atoms with Crippen LogP contribution in [0, 0.1) is 0 Å². The SMILES string of the molecule is F/C(Cc1cccc(Oc2ccccc2)c1)=C(/F)C(CCBr)c1ccc(Cl)cc1. The number of hydrogen-bond acceptors (Lipinski definition) is 1. The van der Waals surface area contributed by atoms with Gasteiger partial charge in [0.2, 0.25) is 0 Å². The van der Waals surface area contributed by atoms with Crippen molar-refractivity contribution >= 4 is 27.5 Å². The number of para-hydroxylation sites is 1. The van der Waals surface area contributed by atoms with Crippen LogP contribution in [0.2, 0.25) is 5.02 Å². The first kappa shape index (κ1) is 21.5. The van der Waals surface area contributed by atoms with Crippen molar-refractivity contribution in [3.63, 3.8) is 0 Å². The summed E-state index contributed by atoms with van der Waals surface area (Å²) < 4.78 is 35.6. The first-order chi connectivity index (χ1) is 14.1. The Hall–Kier alpha value is -2.17. The summed E-state index contributed by atoms with van der Waals surface area (Å²) in [5.74, 6) is -0.914. The summed E-state index contributed by atoms with van der Waals surface area (Å²) in [7, 11) is 0. The molecule has 0 fully saturated rings. The molecule has 150 valence electrons. The van der Waals surface area contributed by atoms with Gasteiger partial charge in [-0.15, -0.1) is 0 Å². The summed E-state index contributed by atoms with van der Waals surface area (Å²) in [6, 6.07) is 23.2. The Kier molecular flexibility index (Phi) is 7.84. The van der Waals surface area contributed by atoms with Gasteiger partial charge in [-0.1, -0.05) is 70.0 Å². The van der Waals surface area contributed by atoms with Gasteiger partial charge in [0.15, 0.2) is 0 Å². The highest BCUT2D eigenvalue weighted by Crippen LogP contribution is 2.34. The summed E-state index contributed by atoms with van der Waals surface area (Å²) in [6.45, 7) is 0. The molecule has 0 saturated carbocycles. The molecular formula is C24H20BrClF2O. The molecule has 0 aliphatic carbocycles. The maximum atomic E-state index is 15.0. The van der Waals surface area contributed by atoms with Gasteiger partial charge in [-0.25, -0.2) is 8.78 Å². The Balaban J connectivity index is 1.79. The largest absolute Gasteiger partial charge is 0.457 e. The molecule has 0 spiro atoms. The van der Waals surface area contributed by atoms with E-state index in [1.165, 1.54) is 0 Å². The quantitative estimate of drug-likeness (QED) is 0.296. The van der Waals surface area contributed by atoms with E-state index in [2.05, 4.69) is 15.9 Å². The zero-order valence-electron chi connectivity index (χ0n) is 15.6. The smallest absolute Gasteiger partial charge is 0.139 e. The minimum absolute atomic E-state index is 0.135. The van der Waals surface area contributed by atoms with Gasteiger partial charge < -0.3 is 4.74 Å². The van der Waals surface area contributed by atoms with Crippen LogP contribution in [0.25, 0.3) is 0 Å². The van der Waals surface area contributed by atoms with Gasteiger partial charge in [0.05, 0.1) is 0 Å². The van der Waals surface area contributed by atoms with E-state index < -0.39 is 17.6 Å². The average Bonchev–Trinajstić information content (AvgIpc) is 2.73. The van der Waals surface area contributed by atoms with Crippen LogP contribution in [0.4, 0.5) is 8.78 Å². The molecule has 29 heavy (non-hydrogen) atoms. The Morgan fingerprint density at radius 3 is 2.28 bits per heavy atom. The highest BCUT2D eigenvalue weighted by molar-refractivity contribution is 9.09. The van der Waals surface area contributed by atoms with Crippen molar-refractivity contribution in [2.24, 2.45) is 0 Å². The molecule has 0 N–H and O–H groups in total. The highest BCUT2D eigenvalue weighted by Gasteiger charge is 2.21. The van der Waals surface area contributed by atoms with E-state index in [0.29, 0.717) is 39.4 Å². The number of hydrogen-bond donors (Lipinski definition) is 0. The number of rotatable bonds is 8. The van der Waals surface area contributed by atoms with E-state index in [9.17, 15) is 8.78 Å². The lowest BCUT2D eigenvalue weighted by molar-refractivity contribution is 0.465. The lowest BCUT2D eigenvalue weighted by Crippen LogP contribution is -2.03. The first-order valence-corrected chi connectivity index (χ1v) is 10.7. The third kappa shape index (κ3) is 6.15. The van der Waals surface area contributed by atoms with Crippen molar-refractivity contribution < 1.29 is 13.5 Å². The molecule has 0 radical (unpaired) electrons. The van der Waals surface area contributed by atoms with E-state index in [1.54, 1.807) is 48.5 Å². The predicted octanol–water partition coefficient (Wildman–Crippen LogP) is 8.39. The molecule has 0 amide bonds. The van der Waals surface area contributed by atoms with Crippen molar-refractivity contribution in [3.05, 3.63) is 107 Å². The van der Waals surface area contributed by atoms with Crippen molar-refractivity contribution in [2.75, 3.05) is 5.33 Å². The monoisotopic (exact) mass is 476 g/mol. The molecule has 1 atom stereocenters. The zero-order valence-corrected chi connectivity index (χ0v) is 18.0. The van der Waals surface area contributed by atoms with Gasteiger partial charge in [0.25, 0.3) is 0 Å². The zero-order chi connectivity index (χ0) is 20.6. The fourth-order valence-electron chi connectivity index (χ4n) is 3.04. The van der Waals surface area contributed by atoms with E-state index in [-0.39, 0.29) is 6.42 Å². The molecule has 0 heterocycles. The Labute approximate surface area is 183 Å². The Morgan fingerprint density at radius 2 is 1.59 bits per heavy atom. The molecule has 0 aromatic heterocycles. The maximum Gasteiger partial charge on any atom is 0.139 e. The van der Waals surface area contributed by atoms with Crippen LogP contribution < -0.4 is 4.74 Å². The van der Waals surface area contributed by atoms with E-state index in [1.807, 2.05) is 30.3 Å². The first-order valence-electron chi connectivity index (χ1n) is 9.24. The second kappa shape index (κ2) is 10.6. The third-order valence-corrected chi connectivity index (χ3v) is 5.18. The lowest BCUT2D eigenvalue weighted by atomic mass is 9.93. The van der Waals surface area contributed by atoms with Crippen molar-refractivity contribution in [1.29, 1.82) is 0 Å². The van der Waals surface area contributed by atoms with Crippen LogP contribution >= 0.6 is 27.5 Å². The summed E-state index contributed by atoms with van der Waals surface area (Å²) in [6.07, 6.45) is 0.308. The summed E-state index contributed by atoms with van der Waals surface area (Å²) in [4.78, 5) is 0. The fourth-order valence-corrected chi connectivity index (χ4v) is 3.62. The van der Waals surface area contributed by atoms with Gasteiger partial charge in [0, 0.05) is 22.7 Å². The summed E-state index contributed by atoms with van der Waals surface area (Å²) >= 11 is 9.25. The predicted molar refractivity (Wildman–Crippen MR) is 119 cm³/mol. The lowest BCUT2D eigenvalue weighted by Gasteiger charge is -2.16. The van der Waals surface area contributed by atoms with Crippen LogP contribution in [0.5, 0.6) is 11.5 Å². The van der Waals surface area contributed by atoms with Gasteiger partial charge in [0.1, 0.15) is 23.2 Å². The van der Waals surface area contributed by atoms with Crippen LogP contribution in [0.15, 0.2) is 90.5 Å². The molecule has 1 nitrogen and oxygen atoms in total. The number of benzene rings is 3. The van der Waals surface area contributed by atoms with E-state index in [0.717, 1.165) is 0 Å². The van der Waals surface area contributed by atoms with Crippen molar-refractivity contribution in [3.8, 4) is 11.5 Å². The minimum atomic E-state index is -0.775. The molecule has 0 bridgehead atoms. The fraction of sp³-hybridized carbons (Fsp3) is 0.167. The van der Waals surface area contributed by atoms with Gasteiger partial charge in [-0.3, -0.25) is 0 Å². The molecule has 3 aromatic rings. The standard InChI is InChI=1S/C24H20BrClF2O/c25-14-13-22(18-9-11-19(26)12-10-18)24(28)23(27)16-17-5-4-8-21(15-17)29-20-6-2-1-3-7-20/h1-12,15,22H,13-14,16H2/b24-23+. The number of ether oxygens (including phenoxy) is 1. The molecule has 3 rings (SSSR count). The molecule has 0 aliphatic rings. The van der Waals surface area contributed by atoms with Crippen molar-refractivity contribution in [1.82, 2.24) is 0 Å². The minimum Gasteiger partial charge on any atom is -0.457 e. The molecule has 0 aliphatic heterocycles. The molecule has 3 aromatic carbocycles. The van der Waals surface area contributed by atoms with E-state index in [4.69, 9.17) is 16.3 Å². The van der Waals surface area contributed by atoms with Gasteiger partial charge >= 0.3 is 0 Å². The maximum absolute atomic E-state index is 15.0. The topological polar surface area (TPSA) is 9.23 Å². The van der Waals surface area contributed by atoms with E-state index >= 15 is 0 Å². The second-order valence-electron chi connectivity index (χ2n) is 6.57. The Bertz CT molecular complexity index is 958. The summed E-state index contributed by atoms with van der Waals surface area (Å²) in [5, 5.41) is 1.12. The average molecular weight is 478 g/mol. The Morgan fingerprint density at radius 1 is 0.897 bits per heavy atom. The number of allylic oxidation sites excluding steroid dienone is 2. The van der Waals surface area contributed by atoms with Crippen molar-refractivity contribution in [2.45, 2.75) is 18.8 Å². The van der Waals surface area contributed by atoms with Crippen LogP contribution in [-0.2, 0) is 6.42 Å². The van der Waals surface area contributed by atoms with Gasteiger partial charge in [-0.2, -0.15) is 0 Å². The second-order valence-corrected chi connectivity index (χ2v) is 7.80. The molecular weight excluding hydrogens is 458 g/mol. The number of alkyl halides is 1. The van der Waals surface area contributed by atoms with Gasteiger partial charge in [-0.05, 0) is 53.9 Å². The third-order valence-electron chi connectivity index (χ3n) is 4.47. The summed E-state index contributed by atoms with van der Waals surface area (Å²) in [5.41, 5.74) is 1.34. The van der Waals surface area contributed by atoms with Crippen LogP contribution in [-0.4, -0.2) is 5.33 Å². The normalized spacial score (nSPS) is 13.0. The number of halogens is 4. The molecule has 5 heteroatoms. The molecule has 0 saturated heterocycles. The van der Waals surface area contributed by atoms with Crippen LogP contribution in [0.1, 0.15) is 23.5 Å². The molecule has 1 unspecified atom stereocenters.